The lowest BCUT2D eigenvalue weighted by molar-refractivity contribution is 0.0939. The predicted molar refractivity (Wildman–Crippen MR) is 96.0 cm³/mol. The Hall–Kier alpha value is -2.47. The second-order valence-corrected chi connectivity index (χ2v) is 5.98. The normalized spacial score (nSPS) is 12.0. The number of hydrogen-bond donors (Lipinski definition) is 2. The molecule has 2 rings (SSSR count). The minimum atomic E-state index is -0.175. The Labute approximate surface area is 143 Å². The zero-order valence-electron chi connectivity index (χ0n) is 14.5. The van der Waals surface area contributed by atoms with E-state index in [1.165, 1.54) is 0 Å². The van der Waals surface area contributed by atoms with Crippen LogP contribution in [-0.4, -0.2) is 48.0 Å². The number of carbonyl (C=O) groups is 1. The van der Waals surface area contributed by atoms with Crippen LogP contribution in [0.15, 0.2) is 42.7 Å². The van der Waals surface area contributed by atoms with Gasteiger partial charge in [-0.25, -0.2) is 9.97 Å². The van der Waals surface area contributed by atoms with E-state index in [1.807, 2.05) is 51.4 Å². The summed E-state index contributed by atoms with van der Waals surface area (Å²) >= 11 is 0. The molecule has 2 N–H and O–H groups in total. The monoisotopic (exact) mass is 327 g/mol. The quantitative estimate of drug-likeness (QED) is 0.728. The van der Waals surface area contributed by atoms with Crippen LogP contribution in [0.1, 0.15) is 35.3 Å². The summed E-state index contributed by atoms with van der Waals surface area (Å²) in [6.07, 6.45) is 4.11. The van der Waals surface area contributed by atoms with Crippen molar-refractivity contribution in [2.45, 2.75) is 19.4 Å². The van der Waals surface area contributed by atoms with Crippen molar-refractivity contribution in [1.82, 2.24) is 20.2 Å². The zero-order valence-corrected chi connectivity index (χ0v) is 14.5. The highest BCUT2D eigenvalue weighted by atomic mass is 16.1. The van der Waals surface area contributed by atoms with Crippen LogP contribution in [0.3, 0.4) is 0 Å². The van der Waals surface area contributed by atoms with Crippen molar-refractivity contribution < 1.29 is 4.79 Å². The van der Waals surface area contributed by atoms with E-state index >= 15 is 0 Å². The first-order valence-corrected chi connectivity index (χ1v) is 8.12. The molecule has 2 aromatic rings. The molecule has 1 aromatic heterocycles. The van der Waals surface area contributed by atoms with Gasteiger partial charge in [-0.15, -0.1) is 0 Å². The number of rotatable bonds is 8. The Bertz CT molecular complexity index is 628. The van der Waals surface area contributed by atoms with Gasteiger partial charge in [0.25, 0.3) is 5.91 Å². The van der Waals surface area contributed by atoms with Gasteiger partial charge in [0.05, 0.1) is 11.6 Å². The standard InChI is InChI=1S/C18H25N5O/c1-14(15-8-5-4-6-9-15)22-17(24)16-12-20-18(21-13-16)19-10-7-11-23(2)3/h4-6,8-9,12-14H,7,10-11H2,1-3H3,(H,22,24)(H,19,20,21). The third-order valence-corrected chi connectivity index (χ3v) is 3.63. The Morgan fingerprint density at radius 1 is 1.17 bits per heavy atom. The molecule has 1 aromatic carbocycles. The Morgan fingerprint density at radius 3 is 2.46 bits per heavy atom. The number of carbonyl (C=O) groups excluding carboxylic acids is 1. The van der Waals surface area contributed by atoms with Crippen LogP contribution in [0.25, 0.3) is 0 Å². The molecule has 0 saturated heterocycles. The molecule has 1 heterocycles. The average molecular weight is 327 g/mol. The van der Waals surface area contributed by atoms with Crippen molar-refractivity contribution in [3.05, 3.63) is 53.9 Å². The van der Waals surface area contributed by atoms with Crippen LogP contribution in [-0.2, 0) is 0 Å². The first kappa shape index (κ1) is 17.9. The molecule has 0 aliphatic rings. The molecular weight excluding hydrogens is 302 g/mol. The van der Waals surface area contributed by atoms with Gasteiger partial charge in [-0.3, -0.25) is 4.79 Å². The smallest absolute Gasteiger partial charge is 0.254 e. The molecular formula is C18H25N5O. The molecule has 0 spiro atoms. The molecule has 0 aliphatic heterocycles. The van der Waals surface area contributed by atoms with E-state index in [2.05, 4.69) is 25.5 Å². The van der Waals surface area contributed by atoms with Gasteiger partial charge in [-0.1, -0.05) is 30.3 Å². The summed E-state index contributed by atoms with van der Waals surface area (Å²) in [7, 11) is 4.08. The third-order valence-electron chi connectivity index (χ3n) is 3.63. The van der Waals surface area contributed by atoms with E-state index in [-0.39, 0.29) is 11.9 Å². The van der Waals surface area contributed by atoms with Crippen molar-refractivity contribution in [3.63, 3.8) is 0 Å². The molecule has 0 aliphatic carbocycles. The summed E-state index contributed by atoms with van der Waals surface area (Å²) in [6.45, 7) is 3.76. The fraction of sp³-hybridized carbons (Fsp3) is 0.389. The molecule has 1 amide bonds. The maximum absolute atomic E-state index is 12.3. The first-order valence-electron chi connectivity index (χ1n) is 8.12. The number of hydrogen-bond acceptors (Lipinski definition) is 5. The van der Waals surface area contributed by atoms with Gasteiger partial charge in [0.1, 0.15) is 0 Å². The summed E-state index contributed by atoms with van der Waals surface area (Å²) in [5.74, 6) is 0.368. The largest absolute Gasteiger partial charge is 0.354 e. The van der Waals surface area contributed by atoms with Gasteiger partial charge in [0, 0.05) is 18.9 Å². The van der Waals surface area contributed by atoms with Crippen LogP contribution in [0.2, 0.25) is 0 Å². The van der Waals surface area contributed by atoms with E-state index in [0.717, 1.165) is 25.1 Å². The number of anilines is 1. The molecule has 6 nitrogen and oxygen atoms in total. The van der Waals surface area contributed by atoms with Crippen LogP contribution in [0.4, 0.5) is 5.95 Å². The van der Waals surface area contributed by atoms with Gasteiger partial charge in [0.2, 0.25) is 5.95 Å². The molecule has 0 bridgehead atoms. The van der Waals surface area contributed by atoms with Crippen molar-refractivity contribution in [3.8, 4) is 0 Å². The maximum Gasteiger partial charge on any atom is 0.254 e. The molecule has 0 fully saturated rings. The number of amides is 1. The van der Waals surface area contributed by atoms with Crippen molar-refractivity contribution in [1.29, 1.82) is 0 Å². The highest BCUT2D eigenvalue weighted by Gasteiger charge is 2.12. The molecule has 1 atom stereocenters. The lowest BCUT2D eigenvalue weighted by Crippen LogP contribution is -2.27. The van der Waals surface area contributed by atoms with E-state index in [9.17, 15) is 4.79 Å². The van der Waals surface area contributed by atoms with E-state index in [0.29, 0.717) is 11.5 Å². The topological polar surface area (TPSA) is 70.2 Å². The van der Waals surface area contributed by atoms with Crippen LogP contribution in [0.5, 0.6) is 0 Å². The summed E-state index contributed by atoms with van der Waals surface area (Å²) in [5.41, 5.74) is 1.52. The molecule has 0 saturated carbocycles. The van der Waals surface area contributed by atoms with Crippen molar-refractivity contribution >= 4 is 11.9 Å². The fourth-order valence-electron chi connectivity index (χ4n) is 2.24. The summed E-state index contributed by atoms with van der Waals surface area (Å²) < 4.78 is 0. The number of nitrogens with one attached hydrogen (secondary N) is 2. The van der Waals surface area contributed by atoms with Gasteiger partial charge < -0.3 is 15.5 Å². The Kier molecular flexibility index (Phi) is 6.69. The average Bonchev–Trinajstić information content (AvgIpc) is 2.59. The van der Waals surface area contributed by atoms with Crippen LogP contribution in [0, 0.1) is 0 Å². The summed E-state index contributed by atoms with van der Waals surface area (Å²) in [6, 6.07) is 9.78. The third kappa shape index (κ3) is 5.62. The van der Waals surface area contributed by atoms with Crippen LogP contribution >= 0.6 is 0 Å². The second-order valence-electron chi connectivity index (χ2n) is 5.98. The molecule has 1 unspecified atom stereocenters. The minimum Gasteiger partial charge on any atom is -0.354 e. The maximum atomic E-state index is 12.3. The fourth-order valence-corrected chi connectivity index (χ4v) is 2.24. The summed E-state index contributed by atoms with van der Waals surface area (Å²) in [4.78, 5) is 22.8. The van der Waals surface area contributed by atoms with Gasteiger partial charge in [0.15, 0.2) is 0 Å². The number of benzene rings is 1. The second kappa shape index (κ2) is 8.98. The SMILES string of the molecule is CC(NC(=O)c1cnc(NCCCN(C)C)nc1)c1ccccc1. The van der Waals surface area contributed by atoms with E-state index in [4.69, 9.17) is 0 Å². The van der Waals surface area contributed by atoms with Gasteiger partial charge in [-0.05, 0) is 39.5 Å². The molecule has 24 heavy (non-hydrogen) atoms. The molecule has 0 radical (unpaired) electrons. The summed E-state index contributed by atoms with van der Waals surface area (Å²) in [5, 5.41) is 6.10. The minimum absolute atomic E-state index is 0.0671. The zero-order chi connectivity index (χ0) is 17.4. The van der Waals surface area contributed by atoms with Gasteiger partial charge >= 0.3 is 0 Å². The highest BCUT2D eigenvalue weighted by molar-refractivity contribution is 5.93. The number of aromatic nitrogens is 2. The van der Waals surface area contributed by atoms with Crippen LogP contribution < -0.4 is 10.6 Å². The van der Waals surface area contributed by atoms with Crippen molar-refractivity contribution in [2.75, 3.05) is 32.5 Å². The predicted octanol–water partition coefficient (Wildman–Crippen LogP) is 2.33. The number of nitrogens with zero attached hydrogens (tertiary/aromatic N) is 3. The van der Waals surface area contributed by atoms with Crippen molar-refractivity contribution in [2.24, 2.45) is 0 Å². The molecule has 128 valence electrons. The Morgan fingerprint density at radius 2 is 1.83 bits per heavy atom. The Balaban J connectivity index is 1.84. The highest BCUT2D eigenvalue weighted by Crippen LogP contribution is 2.12. The van der Waals surface area contributed by atoms with E-state index < -0.39 is 0 Å². The first-order chi connectivity index (χ1) is 11.6. The molecule has 6 heteroatoms. The lowest BCUT2D eigenvalue weighted by atomic mass is 10.1. The van der Waals surface area contributed by atoms with E-state index in [1.54, 1.807) is 12.4 Å². The van der Waals surface area contributed by atoms with Gasteiger partial charge in [-0.2, -0.15) is 0 Å². The lowest BCUT2D eigenvalue weighted by Gasteiger charge is -2.14.